The molecule has 0 aliphatic carbocycles. The molecule has 0 saturated carbocycles. The van der Waals surface area contributed by atoms with Crippen molar-refractivity contribution in [3.63, 3.8) is 0 Å². The zero-order valence-corrected chi connectivity index (χ0v) is 10.8. The van der Waals surface area contributed by atoms with E-state index in [2.05, 4.69) is 19.4 Å². The average molecular weight is 289 g/mol. The number of benzene rings is 1. The van der Waals surface area contributed by atoms with Crippen molar-refractivity contribution < 1.29 is 12.9 Å². The number of nitrogens with one attached hydrogen (secondary N) is 1. The molecule has 2 rings (SSSR count). The number of anilines is 2. The maximum absolute atomic E-state index is 12.0. The Morgan fingerprint density at radius 2 is 2.17 bits per heavy atom. The molecule has 1 aromatic heterocycles. The Morgan fingerprint density at radius 1 is 1.44 bits per heavy atom. The van der Waals surface area contributed by atoms with Gasteiger partial charge in [0.2, 0.25) is 0 Å². The molecule has 96 valence electrons. The highest BCUT2D eigenvalue weighted by Crippen LogP contribution is 2.25. The molecular formula is C9H9ClN4O3S. The minimum atomic E-state index is -3.88. The number of aromatic nitrogens is 2. The summed E-state index contributed by atoms with van der Waals surface area (Å²) in [5, 5.41) is 3.48. The lowest BCUT2D eigenvalue weighted by atomic mass is 10.3. The highest BCUT2D eigenvalue weighted by atomic mass is 35.5. The van der Waals surface area contributed by atoms with E-state index in [0.717, 1.165) is 0 Å². The largest absolute Gasteiger partial charge is 0.399 e. The summed E-state index contributed by atoms with van der Waals surface area (Å²) in [7, 11) is -3.88. The van der Waals surface area contributed by atoms with E-state index in [-0.39, 0.29) is 15.9 Å². The summed E-state index contributed by atoms with van der Waals surface area (Å²) in [4.78, 5) is 3.62. The highest BCUT2D eigenvalue weighted by molar-refractivity contribution is 7.92. The molecule has 3 N–H and O–H groups in total. The summed E-state index contributed by atoms with van der Waals surface area (Å²) < 4.78 is 30.7. The molecule has 0 unspecified atom stereocenters. The normalized spacial score (nSPS) is 11.4. The minimum Gasteiger partial charge on any atom is -0.399 e. The molecule has 0 aliphatic heterocycles. The van der Waals surface area contributed by atoms with Crippen LogP contribution in [-0.4, -0.2) is 18.6 Å². The second kappa shape index (κ2) is 4.46. The van der Waals surface area contributed by atoms with Gasteiger partial charge in [-0.15, -0.1) is 0 Å². The highest BCUT2D eigenvalue weighted by Gasteiger charge is 2.20. The summed E-state index contributed by atoms with van der Waals surface area (Å²) >= 11 is 5.82. The number of sulfonamides is 1. The van der Waals surface area contributed by atoms with Gasteiger partial charge in [-0.3, -0.25) is 0 Å². The average Bonchev–Trinajstić information content (AvgIpc) is 2.62. The van der Waals surface area contributed by atoms with Crippen molar-refractivity contribution in [2.24, 2.45) is 0 Å². The van der Waals surface area contributed by atoms with Crippen LogP contribution >= 0.6 is 11.6 Å². The van der Waals surface area contributed by atoms with E-state index in [9.17, 15) is 8.42 Å². The van der Waals surface area contributed by atoms with Crippen LogP contribution in [0.15, 0.2) is 27.6 Å². The van der Waals surface area contributed by atoms with E-state index in [1.165, 1.54) is 18.2 Å². The molecule has 0 aliphatic rings. The van der Waals surface area contributed by atoms with Gasteiger partial charge in [0, 0.05) is 5.69 Å². The van der Waals surface area contributed by atoms with Crippen LogP contribution in [0.25, 0.3) is 0 Å². The summed E-state index contributed by atoms with van der Waals surface area (Å²) in [5.74, 6) is 0.316. The predicted octanol–water partition coefficient (Wildman–Crippen LogP) is 1.41. The van der Waals surface area contributed by atoms with Gasteiger partial charge in [-0.2, -0.15) is 4.98 Å². The number of halogens is 1. The van der Waals surface area contributed by atoms with Crippen LogP contribution in [0, 0.1) is 6.92 Å². The van der Waals surface area contributed by atoms with E-state index >= 15 is 0 Å². The third-order valence-corrected chi connectivity index (χ3v) is 3.80. The van der Waals surface area contributed by atoms with Gasteiger partial charge in [-0.1, -0.05) is 16.8 Å². The smallest absolute Gasteiger partial charge is 0.335 e. The summed E-state index contributed by atoms with van der Waals surface area (Å²) in [6.07, 6.45) is 0. The van der Waals surface area contributed by atoms with Gasteiger partial charge in [0.05, 0.1) is 5.02 Å². The first-order valence-electron chi connectivity index (χ1n) is 4.76. The number of nitrogens with zero attached hydrogens (tertiary/aromatic N) is 2. The van der Waals surface area contributed by atoms with Crippen LogP contribution in [0.5, 0.6) is 0 Å². The van der Waals surface area contributed by atoms with Gasteiger partial charge in [-0.05, 0) is 25.1 Å². The molecule has 1 heterocycles. The first kappa shape index (κ1) is 12.7. The maximum Gasteiger partial charge on any atom is 0.335 e. The van der Waals surface area contributed by atoms with Crippen LogP contribution < -0.4 is 10.5 Å². The number of nitrogen functional groups attached to an aromatic ring is 1. The van der Waals surface area contributed by atoms with Crippen molar-refractivity contribution >= 4 is 33.3 Å². The molecule has 0 saturated heterocycles. The zero-order valence-electron chi connectivity index (χ0n) is 9.21. The lowest BCUT2D eigenvalue weighted by molar-refractivity contribution is 0.429. The van der Waals surface area contributed by atoms with Gasteiger partial charge in [0.15, 0.2) is 5.82 Å². The molecule has 7 nitrogen and oxygen atoms in total. The molecule has 18 heavy (non-hydrogen) atoms. The standard InChI is InChI=1S/C9H9ClN4O3S/c1-5-12-9(17-13-5)14-18(15,16)8-3-2-6(11)4-7(8)10/h2-4H,11H2,1H3,(H,12,13,14). The Labute approximate surface area is 108 Å². The summed E-state index contributed by atoms with van der Waals surface area (Å²) in [5.41, 5.74) is 5.85. The van der Waals surface area contributed by atoms with Crippen LogP contribution in [0.4, 0.5) is 11.7 Å². The van der Waals surface area contributed by atoms with Crippen LogP contribution in [0.2, 0.25) is 5.02 Å². The SMILES string of the molecule is Cc1noc(NS(=O)(=O)c2ccc(N)cc2Cl)n1. The second-order valence-corrected chi connectivity index (χ2v) is 5.50. The Kier molecular flexibility index (Phi) is 3.14. The molecule has 0 atom stereocenters. The van der Waals surface area contributed by atoms with E-state index in [1.807, 2.05) is 0 Å². The topological polar surface area (TPSA) is 111 Å². The maximum atomic E-state index is 12.0. The Balaban J connectivity index is 2.36. The monoisotopic (exact) mass is 288 g/mol. The van der Waals surface area contributed by atoms with Crippen molar-refractivity contribution in [3.05, 3.63) is 29.0 Å². The fourth-order valence-electron chi connectivity index (χ4n) is 1.24. The van der Waals surface area contributed by atoms with Gasteiger partial charge >= 0.3 is 6.01 Å². The molecule has 0 bridgehead atoms. The first-order valence-corrected chi connectivity index (χ1v) is 6.63. The van der Waals surface area contributed by atoms with E-state index in [0.29, 0.717) is 11.5 Å². The third kappa shape index (κ3) is 2.54. The number of rotatable bonds is 3. The van der Waals surface area contributed by atoms with E-state index < -0.39 is 10.0 Å². The number of aryl methyl sites for hydroxylation is 1. The van der Waals surface area contributed by atoms with Crippen LogP contribution in [0.3, 0.4) is 0 Å². The number of hydrogen-bond acceptors (Lipinski definition) is 6. The van der Waals surface area contributed by atoms with E-state index in [1.54, 1.807) is 6.92 Å². The van der Waals surface area contributed by atoms with Gasteiger partial charge in [0.1, 0.15) is 4.90 Å². The molecular weight excluding hydrogens is 280 g/mol. The van der Waals surface area contributed by atoms with Gasteiger partial charge in [0.25, 0.3) is 10.0 Å². The zero-order chi connectivity index (χ0) is 13.3. The number of nitrogens with two attached hydrogens (primary N) is 1. The molecule has 2 aromatic rings. The van der Waals surface area contributed by atoms with Crippen molar-refractivity contribution in [3.8, 4) is 0 Å². The van der Waals surface area contributed by atoms with Gasteiger partial charge in [-0.25, -0.2) is 13.1 Å². The molecule has 0 spiro atoms. The predicted molar refractivity (Wildman–Crippen MR) is 65.7 cm³/mol. The molecule has 0 radical (unpaired) electrons. The first-order chi connectivity index (χ1) is 8.38. The van der Waals surface area contributed by atoms with Gasteiger partial charge < -0.3 is 10.3 Å². The second-order valence-electron chi connectivity index (χ2n) is 3.44. The molecule has 0 fully saturated rings. The lowest BCUT2D eigenvalue weighted by Crippen LogP contribution is -2.13. The van der Waals surface area contributed by atoms with Crippen LogP contribution in [0.1, 0.15) is 5.82 Å². The Hall–Kier alpha value is -1.80. The lowest BCUT2D eigenvalue weighted by Gasteiger charge is -2.06. The van der Waals surface area contributed by atoms with E-state index in [4.69, 9.17) is 17.3 Å². The van der Waals surface area contributed by atoms with Crippen LogP contribution in [-0.2, 0) is 10.0 Å². The fourth-order valence-corrected chi connectivity index (χ4v) is 2.72. The molecule has 1 aromatic carbocycles. The molecule has 9 heteroatoms. The Morgan fingerprint density at radius 3 is 2.72 bits per heavy atom. The van der Waals surface area contributed by atoms with Crippen molar-refractivity contribution in [2.45, 2.75) is 11.8 Å². The quantitative estimate of drug-likeness (QED) is 0.826. The van der Waals surface area contributed by atoms with Crippen molar-refractivity contribution in [1.29, 1.82) is 0 Å². The summed E-state index contributed by atoms with van der Waals surface area (Å²) in [6, 6.07) is 3.85. The Bertz CT molecular complexity index is 683. The minimum absolute atomic E-state index is 0.0127. The van der Waals surface area contributed by atoms with Crippen molar-refractivity contribution in [1.82, 2.24) is 10.1 Å². The fraction of sp³-hybridized carbons (Fsp3) is 0.111. The summed E-state index contributed by atoms with van der Waals surface area (Å²) in [6.45, 7) is 1.57. The number of hydrogen-bond donors (Lipinski definition) is 2. The third-order valence-electron chi connectivity index (χ3n) is 1.99. The van der Waals surface area contributed by atoms with Crippen molar-refractivity contribution in [2.75, 3.05) is 10.5 Å². The molecule has 0 amide bonds.